The van der Waals surface area contributed by atoms with E-state index >= 15 is 0 Å². The predicted molar refractivity (Wildman–Crippen MR) is 114 cm³/mol. The normalized spacial score (nSPS) is 13.1. The van der Waals surface area contributed by atoms with Gasteiger partial charge in [-0.25, -0.2) is 0 Å². The second-order valence-corrected chi connectivity index (χ2v) is 7.16. The zero-order chi connectivity index (χ0) is 20.8. The highest BCUT2D eigenvalue weighted by molar-refractivity contribution is 5.98. The number of amides is 2. The van der Waals surface area contributed by atoms with Crippen molar-refractivity contribution in [3.05, 3.63) is 47.5 Å². The first-order valence-electron chi connectivity index (χ1n) is 9.99. The number of carbonyl (C=O) groups is 2. The van der Waals surface area contributed by atoms with Crippen molar-refractivity contribution >= 4 is 23.2 Å². The highest BCUT2D eigenvalue weighted by Gasteiger charge is 2.23. The Labute approximate surface area is 171 Å². The molecule has 0 atom stereocenters. The summed E-state index contributed by atoms with van der Waals surface area (Å²) in [6.07, 6.45) is 3.48. The molecule has 6 nitrogen and oxygen atoms in total. The molecule has 2 aromatic rings. The van der Waals surface area contributed by atoms with Gasteiger partial charge in [0.25, 0.3) is 0 Å². The Morgan fingerprint density at radius 1 is 1.07 bits per heavy atom. The van der Waals surface area contributed by atoms with E-state index in [0.29, 0.717) is 24.3 Å². The van der Waals surface area contributed by atoms with Gasteiger partial charge >= 0.3 is 0 Å². The molecule has 1 N–H and O–H groups in total. The summed E-state index contributed by atoms with van der Waals surface area (Å²) in [7, 11) is 3.15. The number of benzene rings is 2. The zero-order valence-electron chi connectivity index (χ0n) is 17.3. The van der Waals surface area contributed by atoms with E-state index in [9.17, 15) is 9.59 Å². The lowest BCUT2D eigenvalue weighted by atomic mass is 10.00. The Morgan fingerprint density at radius 3 is 2.59 bits per heavy atom. The van der Waals surface area contributed by atoms with Gasteiger partial charge in [-0.05, 0) is 54.3 Å². The number of rotatable bonds is 8. The van der Waals surface area contributed by atoms with Crippen LogP contribution in [-0.4, -0.2) is 32.6 Å². The van der Waals surface area contributed by atoms with Gasteiger partial charge in [0.05, 0.1) is 20.6 Å². The molecule has 3 rings (SSSR count). The molecule has 0 aromatic heterocycles. The highest BCUT2D eigenvalue weighted by Crippen LogP contribution is 2.31. The third-order valence-corrected chi connectivity index (χ3v) is 5.11. The molecule has 1 heterocycles. The third-order valence-electron chi connectivity index (χ3n) is 5.11. The second kappa shape index (κ2) is 9.45. The van der Waals surface area contributed by atoms with Crippen LogP contribution in [0.3, 0.4) is 0 Å². The van der Waals surface area contributed by atoms with Crippen LogP contribution >= 0.6 is 0 Å². The number of methoxy groups -OCH3 is 2. The summed E-state index contributed by atoms with van der Waals surface area (Å²) in [5, 5.41) is 2.96. The average Bonchev–Trinajstić information content (AvgIpc) is 2.73. The standard InChI is InChI=1S/C23H28N2O4/c1-4-5-12-25-19-9-8-18(15-17(19)7-11-23(25)27)24-22(26)14-16-6-10-20(28-2)21(13-16)29-3/h6,8-10,13,15H,4-5,7,11-12,14H2,1-3H3,(H,24,26). The summed E-state index contributed by atoms with van der Waals surface area (Å²) in [6.45, 7) is 2.86. The van der Waals surface area contributed by atoms with E-state index in [-0.39, 0.29) is 18.2 Å². The molecule has 0 aliphatic carbocycles. The maximum atomic E-state index is 12.5. The van der Waals surface area contributed by atoms with Crippen LogP contribution in [-0.2, 0) is 22.4 Å². The quantitative estimate of drug-likeness (QED) is 0.733. The van der Waals surface area contributed by atoms with E-state index in [1.807, 2.05) is 35.2 Å². The lowest BCUT2D eigenvalue weighted by Gasteiger charge is -2.29. The number of carbonyl (C=O) groups excluding carboxylic acids is 2. The molecule has 29 heavy (non-hydrogen) atoms. The van der Waals surface area contributed by atoms with E-state index in [1.165, 1.54) is 0 Å². The number of anilines is 2. The van der Waals surface area contributed by atoms with Crippen LogP contribution in [0.1, 0.15) is 37.3 Å². The zero-order valence-corrected chi connectivity index (χ0v) is 17.3. The Morgan fingerprint density at radius 2 is 1.86 bits per heavy atom. The summed E-state index contributed by atoms with van der Waals surface area (Å²) >= 11 is 0. The van der Waals surface area contributed by atoms with Crippen molar-refractivity contribution in [2.45, 2.75) is 39.0 Å². The molecule has 0 radical (unpaired) electrons. The Bertz CT molecular complexity index is 894. The number of nitrogens with one attached hydrogen (secondary N) is 1. The topological polar surface area (TPSA) is 67.9 Å². The fourth-order valence-corrected chi connectivity index (χ4v) is 3.58. The van der Waals surface area contributed by atoms with Gasteiger partial charge in [0.1, 0.15) is 0 Å². The summed E-state index contributed by atoms with van der Waals surface area (Å²) in [5.74, 6) is 1.31. The molecule has 2 amide bonds. The maximum absolute atomic E-state index is 12.5. The molecule has 0 saturated heterocycles. The van der Waals surface area contributed by atoms with Gasteiger partial charge in [0.2, 0.25) is 11.8 Å². The summed E-state index contributed by atoms with van der Waals surface area (Å²) in [4.78, 5) is 26.7. The molecule has 0 fully saturated rings. The van der Waals surface area contributed by atoms with Crippen molar-refractivity contribution in [1.29, 1.82) is 0 Å². The Kier molecular flexibility index (Phi) is 6.75. The van der Waals surface area contributed by atoms with Crippen LogP contribution in [0.15, 0.2) is 36.4 Å². The van der Waals surface area contributed by atoms with E-state index in [4.69, 9.17) is 9.47 Å². The first kappa shape index (κ1) is 20.7. The maximum Gasteiger partial charge on any atom is 0.228 e. The van der Waals surface area contributed by atoms with Crippen LogP contribution < -0.4 is 19.7 Å². The minimum absolute atomic E-state index is 0.105. The van der Waals surface area contributed by atoms with Gasteiger partial charge in [-0.2, -0.15) is 0 Å². The van der Waals surface area contributed by atoms with Crippen molar-refractivity contribution in [2.75, 3.05) is 31.0 Å². The lowest BCUT2D eigenvalue weighted by Crippen LogP contribution is -2.35. The van der Waals surface area contributed by atoms with Crippen LogP contribution in [0.5, 0.6) is 11.5 Å². The monoisotopic (exact) mass is 396 g/mol. The number of aryl methyl sites for hydroxylation is 1. The Hall–Kier alpha value is -3.02. The van der Waals surface area contributed by atoms with Gasteiger partial charge in [-0.3, -0.25) is 9.59 Å². The average molecular weight is 396 g/mol. The van der Waals surface area contributed by atoms with Gasteiger partial charge in [0, 0.05) is 24.3 Å². The van der Waals surface area contributed by atoms with Gasteiger partial charge in [-0.1, -0.05) is 19.4 Å². The second-order valence-electron chi connectivity index (χ2n) is 7.16. The molecule has 0 bridgehead atoms. The smallest absolute Gasteiger partial charge is 0.228 e. The highest BCUT2D eigenvalue weighted by atomic mass is 16.5. The van der Waals surface area contributed by atoms with Crippen molar-refractivity contribution < 1.29 is 19.1 Å². The lowest BCUT2D eigenvalue weighted by molar-refractivity contribution is -0.119. The number of ether oxygens (including phenoxy) is 2. The van der Waals surface area contributed by atoms with Crippen molar-refractivity contribution in [3.63, 3.8) is 0 Å². The summed E-state index contributed by atoms with van der Waals surface area (Å²) in [6, 6.07) is 11.2. The molecular weight excluding hydrogens is 368 g/mol. The van der Waals surface area contributed by atoms with Crippen LogP contribution in [0.2, 0.25) is 0 Å². The number of nitrogens with zero attached hydrogens (tertiary/aromatic N) is 1. The first-order valence-corrected chi connectivity index (χ1v) is 9.99. The number of unbranched alkanes of at least 4 members (excludes halogenated alkanes) is 1. The van der Waals surface area contributed by atoms with E-state index in [0.717, 1.165) is 41.9 Å². The minimum atomic E-state index is -0.105. The fraction of sp³-hybridized carbons (Fsp3) is 0.391. The van der Waals surface area contributed by atoms with Crippen molar-refractivity contribution in [2.24, 2.45) is 0 Å². The van der Waals surface area contributed by atoms with Gasteiger partial charge in [-0.15, -0.1) is 0 Å². The third kappa shape index (κ3) is 4.88. The number of fused-ring (bicyclic) bond motifs is 1. The molecule has 1 aliphatic rings. The van der Waals surface area contributed by atoms with Crippen molar-refractivity contribution in [1.82, 2.24) is 0 Å². The van der Waals surface area contributed by atoms with Crippen LogP contribution in [0, 0.1) is 0 Å². The van der Waals surface area contributed by atoms with E-state index in [1.54, 1.807) is 20.3 Å². The number of hydrogen-bond acceptors (Lipinski definition) is 4. The molecule has 0 saturated carbocycles. The molecular formula is C23H28N2O4. The molecule has 0 spiro atoms. The van der Waals surface area contributed by atoms with E-state index in [2.05, 4.69) is 12.2 Å². The Balaban J connectivity index is 1.69. The molecule has 6 heteroatoms. The fourth-order valence-electron chi connectivity index (χ4n) is 3.58. The van der Waals surface area contributed by atoms with Gasteiger partial charge < -0.3 is 19.7 Å². The SMILES string of the molecule is CCCCN1C(=O)CCc2cc(NC(=O)Cc3ccc(OC)c(OC)c3)ccc21. The molecule has 154 valence electrons. The van der Waals surface area contributed by atoms with E-state index < -0.39 is 0 Å². The van der Waals surface area contributed by atoms with Crippen molar-refractivity contribution in [3.8, 4) is 11.5 Å². The molecule has 2 aromatic carbocycles. The summed E-state index contributed by atoms with van der Waals surface area (Å²) in [5.41, 5.74) is 3.66. The predicted octanol–water partition coefficient (Wildman–Crippen LogP) is 3.96. The first-order chi connectivity index (χ1) is 14.0. The number of hydrogen-bond donors (Lipinski definition) is 1. The summed E-state index contributed by atoms with van der Waals surface area (Å²) < 4.78 is 10.5. The van der Waals surface area contributed by atoms with Gasteiger partial charge in [0.15, 0.2) is 11.5 Å². The van der Waals surface area contributed by atoms with Crippen LogP contribution in [0.25, 0.3) is 0 Å². The van der Waals surface area contributed by atoms with Crippen LogP contribution in [0.4, 0.5) is 11.4 Å². The molecule has 0 unspecified atom stereocenters. The minimum Gasteiger partial charge on any atom is -0.493 e. The largest absolute Gasteiger partial charge is 0.493 e. The molecule has 1 aliphatic heterocycles.